The minimum absolute atomic E-state index is 0.164. The highest BCUT2D eigenvalue weighted by atomic mass is 35.5. The summed E-state index contributed by atoms with van der Waals surface area (Å²) in [5.41, 5.74) is 8.76. The Balaban J connectivity index is 2.17. The molecule has 0 bridgehead atoms. The molecule has 0 unspecified atom stereocenters. The summed E-state index contributed by atoms with van der Waals surface area (Å²) in [6.07, 6.45) is 1.32. The Kier molecular flexibility index (Phi) is 3.16. The second-order valence-electron chi connectivity index (χ2n) is 4.51. The summed E-state index contributed by atoms with van der Waals surface area (Å²) in [5, 5.41) is 0.598. The van der Waals surface area contributed by atoms with Gasteiger partial charge >= 0.3 is 0 Å². The molecule has 0 saturated carbocycles. The van der Waals surface area contributed by atoms with Crippen molar-refractivity contribution in [1.82, 2.24) is 9.55 Å². The van der Waals surface area contributed by atoms with Gasteiger partial charge in [-0.3, -0.25) is 4.79 Å². The van der Waals surface area contributed by atoms with Crippen LogP contribution in [0.4, 0.5) is 5.69 Å². The number of halogens is 1. The Morgan fingerprint density at radius 2 is 2.00 bits per heavy atom. The predicted octanol–water partition coefficient (Wildman–Crippen LogP) is 2.68. The molecule has 0 aliphatic carbocycles. The first-order valence-electron chi connectivity index (χ1n) is 6.13. The molecule has 0 aliphatic rings. The van der Waals surface area contributed by atoms with Crippen LogP contribution in [0.15, 0.2) is 53.5 Å². The molecule has 1 aromatic heterocycles. The molecule has 0 fully saturated rings. The van der Waals surface area contributed by atoms with Crippen LogP contribution in [-0.2, 0) is 6.54 Å². The van der Waals surface area contributed by atoms with Gasteiger partial charge in [-0.1, -0.05) is 23.7 Å². The molecule has 0 spiro atoms. The number of nitrogens with zero attached hydrogens (tertiary/aromatic N) is 2. The molecule has 0 amide bonds. The van der Waals surface area contributed by atoms with Gasteiger partial charge in [-0.05, 0) is 35.9 Å². The van der Waals surface area contributed by atoms with Crippen molar-refractivity contribution in [3.8, 4) is 0 Å². The summed E-state index contributed by atoms with van der Waals surface area (Å²) in [5.74, 6) is 0. The first kappa shape index (κ1) is 12.7. The molecule has 0 aliphatic heterocycles. The van der Waals surface area contributed by atoms with Crippen LogP contribution in [0.1, 0.15) is 5.56 Å². The van der Waals surface area contributed by atoms with Gasteiger partial charge in [-0.15, -0.1) is 0 Å². The summed E-state index contributed by atoms with van der Waals surface area (Å²) in [7, 11) is 0. The summed E-state index contributed by atoms with van der Waals surface area (Å²) in [4.78, 5) is 16.2. The number of fused-ring (bicyclic) bond motifs is 1. The molecular formula is C15H12ClN3O. The Morgan fingerprint density at radius 3 is 2.85 bits per heavy atom. The fraction of sp³-hybridized carbons (Fsp3) is 0.0667. The molecule has 0 atom stereocenters. The Labute approximate surface area is 120 Å². The van der Waals surface area contributed by atoms with Crippen molar-refractivity contribution in [3.05, 3.63) is 69.6 Å². The van der Waals surface area contributed by atoms with Gasteiger partial charge < -0.3 is 10.3 Å². The number of hydrogen-bond acceptors (Lipinski definition) is 3. The van der Waals surface area contributed by atoms with E-state index in [0.29, 0.717) is 17.3 Å². The lowest BCUT2D eigenvalue weighted by Gasteiger charge is -2.11. The summed E-state index contributed by atoms with van der Waals surface area (Å²) in [6, 6.07) is 12.7. The maximum absolute atomic E-state index is 12.1. The standard InChI is InChI=1S/C15H12ClN3O/c16-11-5-6-12(17)10(7-11)9-19-14-4-2-1-3-13(14)18-8-15(19)20/h1-8H,9,17H2. The third kappa shape index (κ3) is 2.26. The zero-order chi connectivity index (χ0) is 14.1. The van der Waals surface area contributed by atoms with Crippen molar-refractivity contribution < 1.29 is 0 Å². The van der Waals surface area contributed by atoms with E-state index < -0.39 is 0 Å². The van der Waals surface area contributed by atoms with Crippen molar-refractivity contribution in [2.24, 2.45) is 0 Å². The van der Waals surface area contributed by atoms with Gasteiger partial charge in [-0.2, -0.15) is 0 Å². The summed E-state index contributed by atoms with van der Waals surface area (Å²) >= 11 is 5.99. The second-order valence-corrected chi connectivity index (χ2v) is 4.95. The van der Waals surface area contributed by atoms with Gasteiger partial charge in [0.15, 0.2) is 0 Å². The van der Waals surface area contributed by atoms with Gasteiger partial charge in [0, 0.05) is 10.7 Å². The Morgan fingerprint density at radius 1 is 1.20 bits per heavy atom. The third-order valence-corrected chi connectivity index (χ3v) is 3.42. The number of anilines is 1. The monoisotopic (exact) mass is 285 g/mol. The van der Waals surface area contributed by atoms with Gasteiger partial charge in [0.05, 0.1) is 23.8 Å². The van der Waals surface area contributed by atoms with Gasteiger partial charge in [0.2, 0.25) is 0 Å². The first-order chi connectivity index (χ1) is 9.65. The molecule has 2 N–H and O–H groups in total. The van der Waals surface area contributed by atoms with Crippen molar-refractivity contribution in [3.63, 3.8) is 0 Å². The number of rotatable bonds is 2. The van der Waals surface area contributed by atoms with Crippen molar-refractivity contribution in [1.29, 1.82) is 0 Å². The number of aromatic nitrogens is 2. The van der Waals surface area contributed by atoms with E-state index in [1.54, 1.807) is 22.8 Å². The molecule has 3 rings (SSSR count). The highest BCUT2D eigenvalue weighted by Crippen LogP contribution is 2.19. The van der Waals surface area contributed by atoms with E-state index in [4.69, 9.17) is 17.3 Å². The van der Waals surface area contributed by atoms with Crippen molar-refractivity contribution in [2.45, 2.75) is 6.54 Å². The van der Waals surface area contributed by atoms with E-state index in [9.17, 15) is 4.79 Å². The van der Waals surface area contributed by atoms with Crippen LogP contribution in [0.3, 0.4) is 0 Å². The van der Waals surface area contributed by atoms with Gasteiger partial charge in [0.1, 0.15) is 0 Å². The lowest BCUT2D eigenvalue weighted by Crippen LogP contribution is -2.21. The molecule has 20 heavy (non-hydrogen) atoms. The lowest BCUT2D eigenvalue weighted by molar-refractivity contribution is 0.788. The van der Waals surface area contributed by atoms with Crippen LogP contribution in [0, 0.1) is 0 Å². The number of hydrogen-bond donors (Lipinski definition) is 1. The zero-order valence-corrected chi connectivity index (χ0v) is 11.3. The van der Waals surface area contributed by atoms with E-state index in [0.717, 1.165) is 16.6 Å². The molecule has 2 aromatic carbocycles. The highest BCUT2D eigenvalue weighted by Gasteiger charge is 2.07. The smallest absolute Gasteiger partial charge is 0.269 e. The van der Waals surface area contributed by atoms with Crippen LogP contribution in [0.2, 0.25) is 5.02 Å². The number of nitrogen functional groups attached to an aromatic ring is 1. The fourth-order valence-electron chi connectivity index (χ4n) is 2.16. The van der Waals surface area contributed by atoms with Crippen LogP contribution in [0.25, 0.3) is 11.0 Å². The van der Waals surface area contributed by atoms with Gasteiger partial charge in [0.25, 0.3) is 5.56 Å². The summed E-state index contributed by atoms with van der Waals surface area (Å²) < 4.78 is 1.64. The van der Waals surface area contributed by atoms with Crippen molar-refractivity contribution in [2.75, 3.05) is 5.73 Å². The highest BCUT2D eigenvalue weighted by molar-refractivity contribution is 6.30. The average molecular weight is 286 g/mol. The zero-order valence-electron chi connectivity index (χ0n) is 10.6. The molecule has 4 nitrogen and oxygen atoms in total. The SMILES string of the molecule is Nc1ccc(Cl)cc1Cn1c(=O)cnc2ccccc21. The van der Waals surface area contributed by atoms with Crippen LogP contribution in [-0.4, -0.2) is 9.55 Å². The topological polar surface area (TPSA) is 60.9 Å². The molecule has 1 heterocycles. The number of para-hydroxylation sites is 2. The van der Waals surface area contributed by atoms with Crippen molar-refractivity contribution >= 4 is 28.3 Å². The van der Waals surface area contributed by atoms with E-state index in [1.165, 1.54) is 6.20 Å². The third-order valence-electron chi connectivity index (χ3n) is 3.19. The van der Waals surface area contributed by atoms with E-state index >= 15 is 0 Å². The minimum atomic E-state index is -0.164. The van der Waals surface area contributed by atoms with Crippen LogP contribution in [0.5, 0.6) is 0 Å². The van der Waals surface area contributed by atoms with Crippen LogP contribution < -0.4 is 11.3 Å². The van der Waals surface area contributed by atoms with E-state index in [2.05, 4.69) is 4.98 Å². The molecule has 0 radical (unpaired) electrons. The Bertz CT molecular complexity index is 842. The molecule has 3 aromatic rings. The average Bonchev–Trinajstić information content (AvgIpc) is 2.46. The second kappa shape index (κ2) is 4.98. The van der Waals surface area contributed by atoms with Gasteiger partial charge in [-0.25, -0.2) is 4.98 Å². The van der Waals surface area contributed by atoms with Crippen LogP contribution >= 0.6 is 11.6 Å². The molecule has 5 heteroatoms. The quantitative estimate of drug-likeness (QED) is 0.737. The maximum Gasteiger partial charge on any atom is 0.269 e. The van der Waals surface area contributed by atoms with E-state index in [-0.39, 0.29) is 5.56 Å². The molecule has 100 valence electrons. The van der Waals surface area contributed by atoms with E-state index in [1.807, 2.05) is 24.3 Å². The number of nitrogens with two attached hydrogens (primary N) is 1. The fourth-order valence-corrected chi connectivity index (χ4v) is 2.35. The first-order valence-corrected chi connectivity index (χ1v) is 6.51. The molecular weight excluding hydrogens is 274 g/mol. The number of benzene rings is 2. The normalized spacial score (nSPS) is 10.8. The predicted molar refractivity (Wildman–Crippen MR) is 81.0 cm³/mol. The Hall–Kier alpha value is -2.33. The maximum atomic E-state index is 12.1. The lowest BCUT2D eigenvalue weighted by atomic mass is 10.1. The molecule has 0 saturated heterocycles. The largest absolute Gasteiger partial charge is 0.398 e. The minimum Gasteiger partial charge on any atom is -0.398 e. The summed E-state index contributed by atoms with van der Waals surface area (Å²) in [6.45, 7) is 0.369.